The highest BCUT2D eigenvalue weighted by Crippen LogP contribution is 2.44. The van der Waals surface area contributed by atoms with Gasteiger partial charge in [0.2, 0.25) is 15.6 Å². The molecule has 0 amide bonds. The number of halogens is 1. The fraction of sp³-hybridized carbons (Fsp3) is 0.0417. The molecule has 0 fully saturated rings. The summed E-state index contributed by atoms with van der Waals surface area (Å²) in [5.41, 5.74) is 7.04. The summed E-state index contributed by atoms with van der Waals surface area (Å²) in [6, 6.07) is 21.4. The lowest BCUT2D eigenvalue weighted by molar-refractivity contribution is 0.104. The molecule has 33 heavy (non-hydrogen) atoms. The van der Waals surface area contributed by atoms with Gasteiger partial charge in [-0.25, -0.2) is 8.42 Å². The number of ketones is 1. The Morgan fingerprint density at radius 1 is 1.00 bits per heavy atom. The van der Waals surface area contributed by atoms with E-state index in [0.717, 1.165) is 11.3 Å². The summed E-state index contributed by atoms with van der Waals surface area (Å²) in [5, 5.41) is 3.66. The number of hydrogen-bond acceptors (Lipinski definition) is 7. The van der Waals surface area contributed by atoms with Gasteiger partial charge in [0.15, 0.2) is 0 Å². The first kappa shape index (κ1) is 22.8. The molecule has 0 unspecified atom stereocenters. The van der Waals surface area contributed by atoms with E-state index in [1.165, 1.54) is 19.2 Å². The quantitative estimate of drug-likeness (QED) is 0.312. The number of benzene rings is 3. The Kier molecular flexibility index (Phi) is 6.42. The summed E-state index contributed by atoms with van der Waals surface area (Å²) in [6.45, 7) is 0. The first-order valence-electron chi connectivity index (χ1n) is 9.75. The van der Waals surface area contributed by atoms with Gasteiger partial charge in [0.1, 0.15) is 20.5 Å². The number of methoxy groups -OCH3 is 1. The molecule has 1 aromatic heterocycles. The molecular weight excluding hydrogens is 480 g/mol. The summed E-state index contributed by atoms with van der Waals surface area (Å²) in [6.07, 6.45) is 0. The molecule has 4 aromatic rings. The molecule has 0 radical (unpaired) electrons. The maximum atomic E-state index is 13.5. The van der Waals surface area contributed by atoms with Gasteiger partial charge in [-0.2, -0.15) is 0 Å². The summed E-state index contributed by atoms with van der Waals surface area (Å²) >= 11 is 7.24. The second-order valence-electron chi connectivity index (χ2n) is 6.99. The monoisotopic (exact) mass is 498 g/mol. The number of thiophene rings is 1. The molecule has 3 aromatic carbocycles. The van der Waals surface area contributed by atoms with E-state index in [1.807, 2.05) is 0 Å². The van der Waals surface area contributed by atoms with Crippen LogP contribution in [-0.2, 0) is 9.84 Å². The van der Waals surface area contributed by atoms with E-state index in [4.69, 9.17) is 22.1 Å². The summed E-state index contributed by atoms with van der Waals surface area (Å²) in [7, 11) is -2.54. The molecular formula is C24H19ClN2O4S2. The Balaban J connectivity index is 1.89. The molecule has 0 aliphatic rings. The second-order valence-corrected chi connectivity index (χ2v) is 10.3. The molecule has 3 N–H and O–H groups in total. The number of sulfone groups is 1. The highest BCUT2D eigenvalue weighted by atomic mass is 35.5. The number of nitrogens with one attached hydrogen (secondary N) is 1. The number of para-hydroxylation sites is 1. The Labute approximate surface area is 200 Å². The van der Waals surface area contributed by atoms with Gasteiger partial charge < -0.3 is 15.8 Å². The molecule has 0 spiro atoms. The predicted molar refractivity (Wildman–Crippen MR) is 132 cm³/mol. The predicted octanol–water partition coefficient (Wildman–Crippen LogP) is 5.80. The average Bonchev–Trinajstić information content (AvgIpc) is 3.17. The van der Waals surface area contributed by atoms with Crippen LogP contribution in [0.5, 0.6) is 5.75 Å². The van der Waals surface area contributed by atoms with Gasteiger partial charge in [-0.05, 0) is 36.4 Å². The summed E-state index contributed by atoms with van der Waals surface area (Å²) < 4.78 is 32.3. The number of carbonyl (C=O) groups excluding carboxylic acids is 1. The van der Waals surface area contributed by atoms with Gasteiger partial charge in [0.25, 0.3) is 0 Å². The van der Waals surface area contributed by atoms with E-state index < -0.39 is 15.6 Å². The third kappa shape index (κ3) is 4.45. The standard InChI is InChI=1S/C24H19ClN2O4S2/c1-31-16-9-7-8-15(14-16)21(28)22-20(26)23(33(29,30)17-10-3-2-4-11-17)24(32-22)27-19-13-6-5-12-18(19)25/h2-14,27H,26H2,1H3. The number of nitrogens with two attached hydrogens (primary N) is 1. The average molecular weight is 499 g/mol. The van der Waals surface area contributed by atoms with Crippen LogP contribution in [0.25, 0.3) is 0 Å². The van der Waals surface area contributed by atoms with Gasteiger partial charge >= 0.3 is 0 Å². The van der Waals surface area contributed by atoms with Crippen molar-refractivity contribution in [2.24, 2.45) is 0 Å². The zero-order chi connectivity index (χ0) is 23.6. The van der Waals surface area contributed by atoms with Crippen LogP contribution in [0, 0.1) is 0 Å². The highest BCUT2D eigenvalue weighted by Gasteiger charge is 2.32. The minimum atomic E-state index is -4.04. The lowest BCUT2D eigenvalue weighted by atomic mass is 10.1. The maximum absolute atomic E-state index is 13.5. The van der Waals surface area contributed by atoms with Crippen molar-refractivity contribution in [1.29, 1.82) is 0 Å². The smallest absolute Gasteiger partial charge is 0.211 e. The summed E-state index contributed by atoms with van der Waals surface area (Å²) in [5.74, 6) is 0.0932. The molecule has 1 heterocycles. The van der Waals surface area contributed by atoms with Crippen molar-refractivity contribution in [3.63, 3.8) is 0 Å². The third-order valence-electron chi connectivity index (χ3n) is 4.88. The number of hydrogen-bond donors (Lipinski definition) is 2. The van der Waals surface area contributed by atoms with Crippen molar-refractivity contribution in [3.8, 4) is 5.75 Å². The molecule has 0 saturated heterocycles. The fourth-order valence-corrected chi connectivity index (χ4v) is 6.37. The van der Waals surface area contributed by atoms with Crippen molar-refractivity contribution in [2.75, 3.05) is 18.2 Å². The van der Waals surface area contributed by atoms with Crippen molar-refractivity contribution in [2.45, 2.75) is 9.79 Å². The van der Waals surface area contributed by atoms with Crippen LogP contribution in [0.4, 0.5) is 16.4 Å². The third-order valence-corrected chi connectivity index (χ3v) is 8.31. The topological polar surface area (TPSA) is 98.5 Å². The first-order valence-corrected chi connectivity index (χ1v) is 12.4. The number of anilines is 3. The SMILES string of the molecule is COc1cccc(C(=O)c2sc(Nc3ccccc3Cl)c(S(=O)(=O)c3ccccc3)c2N)c1. The van der Waals surface area contributed by atoms with Crippen molar-refractivity contribution >= 4 is 54.9 Å². The number of ether oxygens (including phenoxy) is 1. The second kappa shape index (κ2) is 9.27. The largest absolute Gasteiger partial charge is 0.497 e. The molecule has 6 nitrogen and oxygen atoms in total. The normalized spacial score (nSPS) is 11.2. The summed E-state index contributed by atoms with van der Waals surface area (Å²) in [4.78, 5) is 13.3. The van der Waals surface area contributed by atoms with E-state index in [-0.39, 0.29) is 25.4 Å². The number of carbonyl (C=O) groups is 1. The number of nitrogen functional groups attached to an aromatic ring is 1. The van der Waals surface area contributed by atoms with Crippen LogP contribution in [0.2, 0.25) is 5.02 Å². The highest BCUT2D eigenvalue weighted by molar-refractivity contribution is 7.92. The van der Waals surface area contributed by atoms with Gasteiger partial charge in [-0.1, -0.05) is 54.1 Å². The zero-order valence-electron chi connectivity index (χ0n) is 17.4. The van der Waals surface area contributed by atoms with Crippen LogP contribution in [0.1, 0.15) is 15.2 Å². The zero-order valence-corrected chi connectivity index (χ0v) is 19.8. The van der Waals surface area contributed by atoms with Crippen molar-refractivity contribution < 1.29 is 17.9 Å². The molecule has 0 aliphatic heterocycles. The molecule has 4 rings (SSSR count). The van der Waals surface area contributed by atoms with Gasteiger partial charge in [-0.3, -0.25) is 4.79 Å². The van der Waals surface area contributed by atoms with Crippen LogP contribution in [0.15, 0.2) is 88.7 Å². The fourth-order valence-electron chi connectivity index (χ4n) is 3.24. The van der Waals surface area contributed by atoms with E-state index in [0.29, 0.717) is 22.0 Å². The van der Waals surface area contributed by atoms with Crippen LogP contribution >= 0.6 is 22.9 Å². The number of rotatable bonds is 7. The van der Waals surface area contributed by atoms with Gasteiger partial charge in [0, 0.05) is 5.56 Å². The van der Waals surface area contributed by atoms with E-state index in [1.54, 1.807) is 66.7 Å². The lowest BCUT2D eigenvalue weighted by Gasteiger charge is -2.10. The van der Waals surface area contributed by atoms with Crippen molar-refractivity contribution in [1.82, 2.24) is 0 Å². The molecule has 0 aliphatic carbocycles. The maximum Gasteiger partial charge on any atom is 0.211 e. The Hall–Kier alpha value is -3.33. The Morgan fingerprint density at radius 2 is 1.70 bits per heavy atom. The Bertz CT molecular complexity index is 1430. The molecule has 9 heteroatoms. The van der Waals surface area contributed by atoms with E-state index >= 15 is 0 Å². The van der Waals surface area contributed by atoms with E-state index in [2.05, 4.69) is 5.32 Å². The minimum absolute atomic E-state index is 0.0667. The minimum Gasteiger partial charge on any atom is -0.497 e. The molecule has 0 atom stereocenters. The first-order chi connectivity index (χ1) is 15.8. The van der Waals surface area contributed by atoms with Crippen LogP contribution in [-0.4, -0.2) is 21.3 Å². The van der Waals surface area contributed by atoms with Gasteiger partial charge in [0.05, 0.1) is 28.4 Å². The Morgan fingerprint density at radius 3 is 2.39 bits per heavy atom. The molecule has 168 valence electrons. The lowest BCUT2D eigenvalue weighted by Crippen LogP contribution is -2.08. The van der Waals surface area contributed by atoms with Gasteiger partial charge in [-0.15, -0.1) is 11.3 Å². The molecule has 0 bridgehead atoms. The van der Waals surface area contributed by atoms with E-state index in [9.17, 15) is 13.2 Å². The van der Waals surface area contributed by atoms with Crippen LogP contribution in [0.3, 0.4) is 0 Å². The molecule has 0 saturated carbocycles. The van der Waals surface area contributed by atoms with Crippen LogP contribution < -0.4 is 15.8 Å². The van der Waals surface area contributed by atoms with Crippen molar-refractivity contribution in [3.05, 3.63) is 94.3 Å².